The molecule has 0 radical (unpaired) electrons. The second-order valence-corrected chi connectivity index (χ2v) is 5.61. The van der Waals surface area contributed by atoms with Crippen molar-refractivity contribution >= 4 is 33.5 Å². The number of Topliss-reactive ketones (excluding diaryl/α,β-unsaturated/α-hetero) is 1. The molecule has 0 unspecified atom stereocenters. The molecule has 0 aliphatic carbocycles. The zero-order valence-electron chi connectivity index (χ0n) is 13.2. The van der Waals surface area contributed by atoms with Gasteiger partial charge in [0.15, 0.2) is 0 Å². The zero-order chi connectivity index (χ0) is 17.1. The van der Waals surface area contributed by atoms with E-state index < -0.39 is 11.6 Å². The Morgan fingerprint density at radius 1 is 1.08 bits per heavy atom. The van der Waals surface area contributed by atoms with Crippen molar-refractivity contribution in [2.24, 2.45) is 0 Å². The van der Waals surface area contributed by atoms with Crippen molar-refractivity contribution in [2.45, 2.75) is 26.4 Å². The van der Waals surface area contributed by atoms with Gasteiger partial charge >= 0.3 is 11.6 Å². The highest BCUT2D eigenvalue weighted by atomic mass is 16.5. The van der Waals surface area contributed by atoms with Crippen molar-refractivity contribution in [2.75, 3.05) is 0 Å². The molecule has 1 heterocycles. The summed E-state index contributed by atoms with van der Waals surface area (Å²) in [6, 6.07) is 12.7. The van der Waals surface area contributed by atoms with Crippen molar-refractivity contribution < 1.29 is 18.7 Å². The Morgan fingerprint density at radius 2 is 1.88 bits per heavy atom. The van der Waals surface area contributed by atoms with E-state index in [0.717, 1.165) is 16.2 Å². The van der Waals surface area contributed by atoms with Crippen LogP contribution in [0.4, 0.5) is 0 Å². The van der Waals surface area contributed by atoms with Crippen molar-refractivity contribution in [3.63, 3.8) is 0 Å². The summed E-state index contributed by atoms with van der Waals surface area (Å²) in [7, 11) is 0. The topological polar surface area (TPSA) is 73.6 Å². The van der Waals surface area contributed by atoms with Crippen LogP contribution in [0, 0.1) is 0 Å². The summed E-state index contributed by atoms with van der Waals surface area (Å²) in [5.74, 6) is -0.532. The number of carbonyl (C=O) groups is 2. The summed E-state index contributed by atoms with van der Waals surface area (Å²) in [5, 5.41) is 2.68. The molecule has 0 saturated carbocycles. The van der Waals surface area contributed by atoms with E-state index in [1.807, 2.05) is 30.3 Å². The van der Waals surface area contributed by atoms with Gasteiger partial charge in [0.1, 0.15) is 18.0 Å². The molecule has 0 saturated heterocycles. The van der Waals surface area contributed by atoms with Crippen molar-refractivity contribution in [1.29, 1.82) is 0 Å². The highest BCUT2D eigenvalue weighted by Crippen LogP contribution is 2.27. The molecule has 24 heavy (non-hydrogen) atoms. The van der Waals surface area contributed by atoms with Gasteiger partial charge in [-0.25, -0.2) is 4.79 Å². The first kappa shape index (κ1) is 15.9. The molecule has 0 aliphatic rings. The first-order chi connectivity index (χ1) is 11.5. The van der Waals surface area contributed by atoms with E-state index in [2.05, 4.69) is 0 Å². The van der Waals surface area contributed by atoms with Gasteiger partial charge in [-0.15, -0.1) is 0 Å². The summed E-state index contributed by atoms with van der Waals surface area (Å²) in [6.07, 6.45) is 0.189. The standard InChI is InChI=1S/C19H16O5/c1-12(20)6-9-17(21)23-11-14-10-18(22)24-16-8-7-13-4-2-3-5-15(13)19(14)16/h2-5,7-8,10H,6,9,11H2,1H3. The molecule has 5 heteroatoms. The number of fused-ring (bicyclic) bond motifs is 3. The van der Waals surface area contributed by atoms with Crippen LogP contribution in [0.1, 0.15) is 25.3 Å². The molecule has 2 aromatic carbocycles. The lowest BCUT2D eigenvalue weighted by molar-refractivity contribution is -0.145. The summed E-state index contributed by atoms with van der Waals surface area (Å²) >= 11 is 0. The molecule has 0 amide bonds. The van der Waals surface area contributed by atoms with Gasteiger partial charge in [0, 0.05) is 23.4 Å². The summed E-state index contributed by atoms with van der Waals surface area (Å²) in [6.45, 7) is 1.39. The molecule has 0 spiro atoms. The predicted octanol–water partition coefficient (Wildman–Crippen LogP) is 3.36. The molecule has 0 fully saturated rings. The van der Waals surface area contributed by atoms with Crippen LogP contribution in [0.15, 0.2) is 51.7 Å². The van der Waals surface area contributed by atoms with E-state index in [1.54, 1.807) is 6.07 Å². The average molecular weight is 324 g/mol. The first-order valence-corrected chi connectivity index (χ1v) is 7.64. The molecule has 1 aromatic heterocycles. The van der Waals surface area contributed by atoms with Crippen molar-refractivity contribution in [3.8, 4) is 0 Å². The van der Waals surface area contributed by atoms with E-state index in [0.29, 0.717) is 11.1 Å². The van der Waals surface area contributed by atoms with Gasteiger partial charge in [0.05, 0.1) is 6.42 Å². The fourth-order valence-electron chi connectivity index (χ4n) is 2.64. The van der Waals surface area contributed by atoms with Crippen LogP contribution in [-0.4, -0.2) is 11.8 Å². The lowest BCUT2D eigenvalue weighted by Gasteiger charge is -2.09. The fraction of sp³-hybridized carbons (Fsp3) is 0.211. The molecule has 0 aliphatic heterocycles. The van der Waals surface area contributed by atoms with Gasteiger partial charge in [-0.3, -0.25) is 4.79 Å². The third kappa shape index (κ3) is 3.35. The lowest BCUT2D eigenvalue weighted by Crippen LogP contribution is -2.08. The minimum absolute atomic E-state index is 0.0349. The zero-order valence-corrected chi connectivity index (χ0v) is 13.2. The molecular formula is C19H16O5. The maximum atomic E-state index is 11.7. The minimum Gasteiger partial charge on any atom is -0.461 e. The van der Waals surface area contributed by atoms with Gasteiger partial charge in [0.25, 0.3) is 0 Å². The fourth-order valence-corrected chi connectivity index (χ4v) is 2.64. The van der Waals surface area contributed by atoms with Gasteiger partial charge in [-0.05, 0) is 23.8 Å². The predicted molar refractivity (Wildman–Crippen MR) is 89.7 cm³/mol. The van der Waals surface area contributed by atoms with Gasteiger partial charge in [0.2, 0.25) is 0 Å². The number of ketones is 1. The minimum atomic E-state index is -0.493. The van der Waals surface area contributed by atoms with Gasteiger partial charge in [-0.1, -0.05) is 30.3 Å². The molecule has 3 rings (SSSR count). The maximum absolute atomic E-state index is 11.7. The number of esters is 1. The third-order valence-corrected chi connectivity index (χ3v) is 3.78. The normalized spacial score (nSPS) is 10.9. The molecule has 0 atom stereocenters. The number of hydrogen-bond donors (Lipinski definition) is 0. The van der Waals surface area contributed by atoms with Crippen LogP contribution >= 0.6 is 0 Å². The summed E-state index contributed by atoms with van der Waals surface area (Å²) < 4.78 is 10.5. The molecular weight excluding hydrogens is 308 g/mol. The molecule has 0 N–H and O–H groups in total. The van der Waals surface area contributed by atoms with Crippen LogP contribution < -0.4 is 5.63 Å². The van der Waals surface area contributed by atoms with E-state index in [-0.39, 0.29) is 25.2 Å². The second-order valence-electron chi connectivity index (χ2n) is 5.61. The Kier molecular flexibility index (Phi) is 4.42. The van der Waals surface area contributed by atoms with Gasteiger partial charge < -0.3 is 13.9 Å². The Morgan fingerprint density at radius 3 is 2.67 bits per heavy atom. The summed E-state index contributed by atoms with van der Waals surface area (Å²) in [5.41, 5.74) is 0.553. The monoisotopic (exact) mass is 324 g/mol. The Hall–Kier alpha value is -2.95. The van der Waals surface area contributed by atoms with E-state index in [4.69, 9.17) is 9.15 Å². The van der Waals surface area contributed by atoms with Crippen molar-refractivity contribution in [3.05, 3.63) is 58.4 Å². The molecule has 5 nitrogen and oxygen atoms in total. The number of carbonyl (C=O) groups excluding carboxylic acids is 2. The highest BCUT2D eigenvalue weighted by molar-refractivity contribution is 6.07. The number of ether oxygens (including phenoxy) is 1. The van der Waals surface area contributed by atoms with Crippen molar-refractivity contribution in [1.82, 2.24) is 0 Å². The van der Waals surface area contributed by atoms with E-state index in [1.165, 1.54) is 13.0 Å². The van der Waals surface area contributed by atoms with Crippen LogP contribution in [0.3, 0.4) is 0 Å². The van der Waals surface area contributed by atoms with Gasteiger partial charge in [-0.2, -0.15) is 0 Å². The first-order valence-electron chi connectivity index (χ1n) is 7.64. The summed E-state index contributed by atoms with van der Waals surface area (Å²) in [4.78, 5) is 34.4. The maximum Gasteiger partial charge on any atom is 0.336 e. The van der Waals surface area contributed by atoms with E-state index in [9.17, 15) is 14.4 Å². The Labute approximate surface area is 137 Å². The Balaban J connectivity index is 1.97. The quantitative estimate of drug-likeness (QED) is 0.409. The Bertz CT molecular complexity index is 984. The molecule has 3 aromatic rings. The third-order valence-electron chi connectivity index (χ3n) is 3.78. The number of rotatable bonds is 5. The largest absolute Gasteiger partial charge is 0.461 e. The SMILES string of the molecule is CC(=O)CCC(=O)OCc1cc(=O)oc2ccc3ccccc3c12. The molecule has 122 valence electrons. The van der Waals surface area contributed by atoms with Crippen LogP contribution in [0.5, 0.6) is 0 Å². The average Bonchev–Trinajstić information content (AvgIpc) is 2.57. The number of benzene rings is 2. The smallest absolute Gasteiger partial charge is 0.336 e. The van der Waals surface area contributed by atoms with Crippen LogP contribution in [-0.2, 0) is 20.9 Å². The second kappa shape index (κ2) is 6.66. The number of hydrogen-bond acceptors (Lipinski definition) is 5. The molecule has 0 bridgehead atoms. The van der Waals surface area contributed by atoms with Crippen LogP contribution in [0.2, 0.25) is 0 Å². The van der Waals surface area contributed by atoms with Crippen LogP contribution in [0.25, 0.3) is 21.7 Å². The lowest BCUT2D eigenvalue weighted by atomic mass is 10.0. The van der Waals surface area contributed by atoms with E-state index >= 15 is 0 Å². The highest BCUT2D eigenvalue weighted by Gasteiger charge is 2.12.